The monoisotopic (exact) mass is 639 g/mol. The summed E-state index contributed by atoms with van der Waals surface area (Å²) in [5, 5.41) is 4.63. The Morgan fingerprint density at radius 3 is 1.60 bits per heavy atom. The van der Waals surface area contributed by atoms with Crippen molar-refractivity contribution in [2.45, 2.75) is 0 Å². The average molecular weight is 640 g/mol. The summed E-state index contributed by atoms with van der Waals surface area (Å²) in [5.41, 5.74) is 12.0. The number of para-hydroxylation sites is 3. The Morgan fingerprint density at radius 1 is 0.400 bits per heavy atom. The second-order valence-electron chi connectivity index (χ2n) is 12.6. The van der Waals surface area contributed by atoms with E-state index in [1.54, 1.807) is 0 Å². The maximum atomic E-state index is 6.64. The number of benzene rings is 7. The smallest absolute Gasteiger partial charge is 0.160 e. The number of rotatable bonds is 5. The number of furan rings is 1. The minimum atomic E-state index is 0.673. The molecular weight excluding hydrogens is 611 g/mol. The Hall–Kier alpha value is -6.78. The fourth-order valence-electron chi connectivity index (χ4n) is 7.27. The average Bonchev–Trinajstić information content (AvgIpc) is 3.74. The molecule has 0 bridgehead atoms. The molecule has 0 amide bonds. The van der Waals surface area contributed by atoms with Crippen LogP contribution in [0.5, 0.6) is 0 Å². The van der Waals surface area contributed by atoms with E-state index >= 15 is 0 Å². The molecule has 0 spiro atoms. The molecule has 4 nitrogen and oxygen atoms in total. The van der Waals surface area contributed by atoms with E-state index in [1.807, 2.05) is 48.5 Å². The minimum Gasteiger partial charge on any atom is -0.455 e. The molecule has 0 saturated carbocycles. The molecule has 3 aromatic heterocycles. The van der Waals surface area contributed by atoms with Crippen molar-refractivity contribution in [1.29, 1.82) is 0 Å². The Morgan fingerprint density at radius 2 is 0.940 bits per heavy atom. The second-order valence-corrected chi connectivity index (χ2v) is 12.6. The van der Waals surface area contributed by atoms with E-state index < -0.39 is 0 Å². The summed E-state index contributed by atoms with van der Waals surface area (Å²) in [4.78, 5) is 10.2. The molecule has 0 aliphatic rings. The van der Waals surface area contributed by atoms with Crippen molar-refractivity contribution in [1.82, 2.24) is 14.5 Å². The van der Waals surface area contributed by atoms with Crippen LogP contribution in [0.25, 0.3) is 94.5 Å². The third-order valence-corrected chi connectivity index (χ3v) is 9.60. The van der Waals surface area contributed by atoms with Crippen molar-refractivity contribution < 1.29 is 4.42 Å². The lowest BCUT2D eigenvalue weighted by Gasteiger charge is -2.13. The van der Waals surface area contributed by atoms with Gasteiger partial charge in [-0.15, -0.1) is 0 Å². The predicted molar refractivity (Wildman–Crippen MR) is 205 cm³/mol. The lowest BCUT2D eigenvalue weighted by Crippen LogP contribution is -1.97. The van der Waals surface area contributed by atoms with Gasteiger partial charge in [-0.2, -0.15) is 0 Å². The molecule has 0 radical (unpaired) electrons. The molecule has 0 aliphatic heterocycles. The van der Waals surface area contributed by atoms with Gasteiger partial charge < -0.3 is 8.98 Å². The first-order valence-electron chi connectivity index (χ1n) is 16.8. The van der Waals surface area contributed by atoms with Crippen molar-refractivity contribution in [2.24, 2.45) is 0 Å². The van der Waals surface area contributed by atoms with Gasteiger partial charge in [0.2, 0.25) is 0 Å². The number of fused-ring (bicyclic) bond motifs is 6. The summed E-state index contributed by atoms with van der Waals surface area (Å²) in [6, 6.07) is 61.3. The fourth-order valence-corrected chi connectivity index (χ4v) is 7.27. The Bertz CT molecular complexity index is 2760. The normalized spacial score (nSPS) is 11.6. The van der Waals surface area contributed by atoms with Crippen molar-refractivity contribution >= 4 is 43.7 Å². The molecule has 10 aromatic rings. The SMILES string of the molecule is c1ccc(-c2cc(-c3ccccc3)nc(-c3cccc(-c4cc(-n5c6ccccc6c6ccccc65)cc5c4oc4ccccc45)c3)n2)cc1. The van der Waals surface area contributed by atoms with Crippen LogP contribution in [0.15, 0.2) is 180 Å². The molecule has 0 unspecified atom stereocenters. The van der Waals surface area contributed by atoms with Gasteiger partial charge in [-0.1, -0.05) is 133 Å². The fraction of sp³-hybridized carbons (Fsp3) is 0. The number of nitrogens with zero attached hydrogens (tertiary/aromatic N) is 3. The third kappa shape index (κ3) is 4.61. The molecule has 0 saturated heterocycles. The maximum Gasteiger partial charge on any atom is 0.160 e. The first-order valence-corrected chi connectivity index (χ1v) is 16.8. The van der Waals surface area contributed by atoms with E-state index in [1.165, 1.54) is 21.8 Å². The summed E-state index contributed by atoms with van der Waals surface area (Å²) in [6.07, 6.45) is 0. The second kappa shape index (κ2) is 11.4. The zero-order chi connectivity index (χ0) is 33.0. The predicted octanol–water partition coefficient (Wildman–Crippen LogP) is 12.1. The lowest BCUT2D eigenvalue weighted by molar-refractivity contribution is 0.670. The van der Waals surface area contributed by atoms with Crippen LogP contribution in [0.4, 0.5) is 0 Å². The summed E-state index contributed by atoms with van der Waals surface area (Å²) >= 11 is 0. The molecule has 0 aliphatic carbocycles. The summed E-state index contributed by atoms with van der Waals surface area (Å²) < 4.78 is 9.02. The molecule has 50 heavy (non-hydrogen) atoms. The Balaban J connectivity index is 1.21. The Kier molecular flexibility index (Phi) is 6.46. The standard InChI is InChI=1S/C46H29N3O/c1-3-14-30(15-4-1)40-29-41(31-16-5-2-6-17-31)48-46(47-40)33-19-13-18-32(26-33)38-27-34(28-39-37-22-9-12-25-44(37)50-45(38)39)49-42-23-10-7-20-35(42)36-21-8-11-24-43(36)49/h1-29H. The van der Waals surface area contributed by atoms with Crippen molar-refractivity contribution in [3.8, 4) is 50.7 Å². The van der Waals surface area contributed by atoms with Gasteiger partial charge in [-0.05, 0) is 48.0 Å². The molecule has 4 heteroatoms. The van der Waals surface area contributed by atoms with Gasteiger partial charge in [-0.25, -0.2) is 9.97 Å². The molecule has 3 heterocycles. The van der Waals surface area contributed by atoms with Gasteiger partial charge in [0.1, 0.15) is 11.2 Å². The van der Waals surface area contributed by atoms with Crippen LogP contribution in [0.3, 0.4) is 0 Å². The summed E-state index contributed by atoms with van der Waals surface area (Å²) in [6.45, 7) is 0. The molecule has 0 fully saturated rings. The van der Waals surface area contributed by atoms with Gasteiger partial charge in [0, 0.05) is 49.5 Å². The van der Waals surface area contributed by atoms with E-state index in [0.29, 0.717) is 5.82 Å². The van der Waals surface area contributed by atoms with Crippen LogP contribution >= 0.6 is 0 Å². The highest BCUT2D eigenvalue weighted by Crippen LogP contribution is 2.41. The van der Waals surface area contributed by atoms with Crippen LogP contribution in [-0.2, 0) is 0 Å². The van der Waals surface area contributed by atoms with Crippen LogP contribution in [0.2, 0.25) is 0 Å². The van der Waals surface area contributed by atoms with Gasteiger partial charge >= 0.3 is 0 Å². The zero-order valence-corrected chi connectivity index (χ0v) is 27.0. The third-order valence-electron chi connectivity index (χ3n) is 9.60. The lowest BCUT2D eigenvalue weighted by atomic mass is 9.99. The summed E-state index contributed by atoms with van der Waals surface area (Å²) in [7, 11) is 0. The number of hydrogen-bond donors (Lipinski definition) is 0. The van der Waals surface area contributed by atoms with E-state index in [9.17, 15) is 0 Å². The van der Waals surface area contributed by atoms with Crippen LogP contribution < -0.4 is 0 Å². The van der Waals surface area contributed by atoms with Crippen LogP contribution in [0.1, 0.15) is 0 Å². The van der Waals surface area contributed by atoms with E-state index in [2.05, 4.69) is 132 Å². The molecule has 234 valence electrons. The minimum absolute atomic E-state index is 0.673. The first kappa shape index (κ1) is 28.3. The van der Waals surface area contributed by atoms with Crippen molar-refractivity contribution in [3.05, 3.63) is 176 Å². The maximum absolute atomic E-state index is 6.64. The molecular formula is C46H29N3O. The van der Waals surface area contributed by atoms with Gasteiger partial charge in [-0.3, -0.25) is 0 Å². The van der Waals surface area contributed by atoms with Crippen LogP contribution in [0, 0.1) is 0 Å². The first-order chi connectivity index (χ1) is 24.8. The highest BCUT2D eigenvalue weighted by molar-refractivity contribution is 6.13. The highest BCUT2D eigenvalue weighted by Gasteiger charge is 2.19. The largest absolute Gasteiger partial charge is 0.455 e. The van der Waals surface area contributed by atoms with Crippen molar-refractivity contribution in [2.75, 3.05) is 0 Å². The van der Waals surface area contributed by atoms with E-state index in [-0.39, 0.29) is 0 Å². The van der Waals surface area contributed by atoms with Crippen LogP contribution in [-0.4, -0.2) is 14.5 Å². The van der Waals surface area contributed by atoms with Gasteiger partial charge in [0.15, 0.2) is 5.82 Å². The zero-order valence-electron chi connectivity index (χ0n) is 27.0. The van der Waals surface area contributed by atoms with Gasteiger partial charge in [0.05, 0.1) is 22.4 Å². The van der Waals surface area contributed by atoms with Gasteiger partial charge in [0.25, 0.3) is 0 Å². The molecule has 0 atom stereocenters. The van der Waals surface area contributed by atoms with E-state index in [4.69, 9.17) is 14.4 Å². The summed E-state index contributed by atoms with van der Waals surface area (Å²) in [5.74, 6) is 0.673. The van der Waals surface area contributed by atoms with E-state index in [0.717, 1.165) is 66.8 Å². The topological polar surface area (TPSA) is 43.9 Å². The number of hydrogen-bond acceptors (Lipinski definition) is 3. The molecule has 10 rings (SSSR count). The Labute approximate surface area is 288 Å². The molecule has 0 N–H and O–H groups in total. The quantitative estimate of drug-likeness (QED) is 0.188. The van der Waals surface area contributed by atoms with Crippen molar-refractivity contribution in [3.63, 3.8) is 0 Å². The molecule has 7 aromatic carbocycles. The number of aromatic nitrogens is 3. The highest BCUT2D eigenvalue weighted by atomic mass is 16.3.